The van der Waals surface area contributed by atoms with E-state index in [1.165, 1.54) is 47.0 Å². The minimum absolute atomic E-state index is 0.0653. The van der Waals surface area contributed by atoms with E-state index in [-0.39, 0.29) is 35.0 Å². The van der Waals surface area contributed by atoms with E-state index in [1.807, 2.05) is 56.3 Å². The number of hydroxylamine groups is 1. The number of halogens is 3. The number of ether oxygens (including phenoxy) is 2. The van der Waals surface area contributed by atoms with Gasteiger partial charge in [0, 0.05) is 11.6 Å². The molecule has 1 amide bonds. The van der Waals surface area contributed by atoms with E-state index in [0.29, 0.717) is 28.1 Å². The van der Waals surface area contributed by atoms with Crippen LogP contribution in [0, 0.1) is 0 Å². The van der Waals surface area contributed by atoms with Crippen LogP contribution in [-0.4, -0.2) is 50.2 Å². The molecule has 1 fully saturated rings. The highest BCUT2D eigenvalue weighted by Crippen LogP contribution is 2.36. The summed E-state index contributed by atoms with van der Waals surface area (Å²) in [6.45, 7) is 4.27. The number of alkyl halides is 3. The summed E-state index contributed by atoms with van der Waals surface area (Å²) in [7, 11) is 1.57. The predicted molar refractivity (Wildman–Crippen MR) is 168 cm³/mol. The molecule has 0 atom stereocenters. The van der Waals surface area contributed by atoms with E-state index in [4.69, 9.17) is 21.8 Å². The fourth-order valence-electron chi connectivity index (χ4n) is 4.38. The molecule has 1 aliphatic heterocycles. The number of carbonyl (C=O) groups excluding carboxylic acids is 1. The number of thiocarbonyl (C=S) groups is 1. The van der Waals surface area contributed by atoms with Crippen molar-refractivity contribution in [2.75, 3.05) is 17.8 Å². The number of carbonyl (C=O) groups is 1. The lowest BCUT2D eigenvalue weighted by atomic mass is 10.00. The average molecular weight is 657 g/mol. The average Bonchev–Trinajstić information content (AvgIpc) is 3.64. The maximum Gasteiger partial charge on any atom is 0.573 e. The SMILES string of the molecule is COc1ccc(C(C)C)c(N2C(=O)CSC2=NC(=S)NOCc2ccc(-c3ncn(-c4ccc(OC(F)(F)F)cc4)n3)cc2)c1. The molecule has 1 aliphatic rings. The Labute approximate surface area is 266 Å². The summed E-state index contributed by atoms with van der Waals surface area (Å²) in [6, 6.07) is 18.2. The number of aliphatic imine (C=N–C) groups is 1. The van der Waals surface area contributed by atoms with Crippen molar-refractivity contribution >= 4 is 45.9 Å². The van der Waals surface area contributed by atoms with Crippen molar-refractivity contribution in [1.29, 1.82) is 0 Å². The second-order valence-electron chi connectivity index (χ2n) is 9.94. The van der Waals surface area contributed by atoms with Crippen LogP contribution in [-0.2, 0) is 16.2 Å². The molecule has 15 heteroatoms. The third-order valence-corrected chi connectivity index (χ3v) is 7.60. The Hall–Kier alpha value is -4.47. The number of amidine groups is 1. The highest BCUT2D eigenvalue weighted by molar-refractivity contribution is 8.15. The second kappa shape index (κ2) is 13.7. The highest BCUT2D eigenvalue weighted by atomic mass is 32.2. The minimum Gasteiger partial charge on any atom is -0.497 e. The van der Waals surface area contributed by atoms with Crippen LogP contribution in [0.25, 0.3) is 17.1 Å². The minimum atomic E-state index is -4.76. The zero-order valence-electron chi connectivity index (χ0n) is 24.2. The highest BCUT2D eigenvalue weighted by Gasteiger charge is 2.33. The monoisotopic (exact) mass is 656 g/mol. The molecule has 2 heterocycles. The summed E-state index contributed by atoms with van der Waals surface area (Å²) in [5.74, 6) is 1.03. The summed E-state index contributed by atoms with van der Waals surface area (Å²) in [5.41, 5.74) is 6.41. The van der Waals surface area contributed by atoms with Gasteiger partial charge in [0.1, 0.15) is 17.8 Å². The van der Waals surface area contributed by atoms with Crippen LogP contribution in [0.3, 0.4) is 0 Å². The number of methoxy groups -OCH3 is 1. The fraction of sp³-hybridized carbons (Fsp3) is 0.233. The van der Waals surface area contributed by atoms with Gasteiger partial charge in [-0.05, 0) is 59.6 Å². The van der Waals surface area contributed by atoms with E-state index in [9.17, 15) is 18.0 Å². The summed E-state index contributed by atoms with van der Waals surface area (Å²) >= 11 is 6.65. The van der Waals surface area contributed by atoms with Crippen molar-refractivity contribution in [2.45, 2.75) is 32.7 Å². The van der Waals surface area contributed by atoms with Crippen molar-refractivity contribution < 1.29 is 32.3 Å². The zero-order chi connectivity index (χ0) is 32.1. The number of hydrogen-bond acceptors (Lipinski definition) is 8. The van der Waals surface area contributed by atoms with Gasteiger partial charge in [-0.3, -0.25) is 14.5 Å². The lowest BCUT2D eigenvalue weighted by Crippen LogP contribution is -2.32. The Morgan fingerprint density at radius 1 is 1.09 bits per heavy atom. The molecule has 0 radical (unpaired) electrons. The number of nitrogens with zero attached hydrogens (tertiary/aromatic N) is 5. The number of rotatable bonds is 9. The maximum absolute atomic E-state index is 12.8. The van der Waals surface area contributed by atoms with Crippen LogP contribution in [0.1, 0.15) is 30.9 Å². The molecule has 0 saturated carbocycles. The molecule has 4 aromatic rings. The van der Waals surface area contributed by atoms with Crippen LogP contribution in [0.2, 0.25) is 0 Å². The van der Waals surface area contributed by atoms with E-state index >= 15 is 0 Å². The standard InChI is InChI=1S/C30H27F3N6O4S2/c1-18(2)24-13-12-23(41-3)14-25(24)39-26(40)16-45-29(39)35-28(44)37-42-15-19-4-6-20(7-5-19)27-34-17-38(36-27)21-8-10-22(11-9-21)43-30(31,32)33/h4-14,17-18H,15-16H2,1-3H3,(H,37,44). The molecule has 45 heavy (non-hydrogen) atoms. The van der Waals surface area contributed by atoms with Gasteiger partial charge >= 0.3 is 6.36 Å². The van der Waals surface area contributed by atoms with Gasteiger partial charge in [-0.2, -0.15) is 4.99 Å². The van der Waals surface area contributed by atoms with E-state index in [2.05, 4.69) is 25.3 Å². The first kappa shape index (κ1) is 31.9. The van der Waals surface area contributed by atoms with Crippen molar-refractivity contribution in [3.8, 4) is 28.6 Å². The van der Waals surface area contributed by atoms with E-state index in [1.54, 1.807) is 12.0 Å². The number of thioether (sulfide) groups is 1. The number of hydrogen-bond donors (Lipinski definition) is 1. The lowest BCUT2D eigenvalue weighted by Gasteiger charge is -2.22. The molecule has 234 valence electrons. The Morgan fingerprint density at radius 3 is 2.47 bits per heavy atom. The van der Waals surface area contributed by atoms with E-state index in [0.717, 1.165) is 16.7 Å². The number of aromatic nitrogens is 3. The van der Waals surface area contributed by atoms with Crippen LogP contribution < -0.4 is 19.9 Å². The third-order valence-electron chi connectivity index (χ3n) is 6.50. The first-order valence-corrected chi connectivity index (χ1v) is 14.9. The Bertz CT molecular complexity index is 1710. The van der Waals surface area contributed by atoms with E-state index < -0.39 is 6.36 Å². The van der Waals surface area contributed by atoms with Crippen molar-refractivity contribution in [3.63, 3.8) is 0 Å². The van der Waals surface area contributed by atoms with Gasteiger partial charge in [-0.15, -0.1) is 18.3 Å². The molecule has 1 aromatic heterocycles. The molecule has 5 rings (SSSR count). The smallest absolute Gasteiger partial charge is 0.497 e. The van der Waals surface area contributed by atoms with Crippen molar-refractivity contribution in [2.24, 2.45) is 4.99 Å². The van der Waals surface area contributed by atoms with Gasteiger partial charge in [0.2, 0.25) is 11.0 Å². The second-order valence-corrected chi connectivity index (χ2v) is 11.3. The van der Waals surface area contributed by atoms with Crippen LogP contribution in [0.15, 0.2) is 78.0 Å². The quantitative estimate of drug-likeness (QED) is 0.162. The first-order chi connectivity index (χ1) is 21.5. The fourth-order valence-corrected chi connectivity index (χ4v) is 5.45. The zero-order valence-corrected chi connectivity index (χ0v) is 25.9. The Morgan fingerprint density at radius 2 is 1.80 bits per heavy atom. The van der Waals surface area contributed by atoms with Crippen LogP contribution in [0.4, 0.5) is 18.9 Å². The van der Waals surface area contributed by atoms with Gasteiger partial charge in [0.15, 0.2) is 11.0 Å². The molecule has 0 spiro atoms. The molecule has 0 bridgehead atoms. The molecule has 0 aliphatic carbocycles. The van der Waals surface area contributed by atoms with Crippen molar-refractivity contribution in [1.82, 2.24) is 20.2 Å². The molecule has 0 unspecified atom stereocenters. The Kier molecular flexibility index (Phi) is 9.70. The molecule has 1 N–H and O–H groups in total. The largest absolute Gasteiger partial charge is 0.573 e. The van der Waals surface area contributed by atoms with Gasteiger partial charge in [-0.25, -0.2) is 15.1 Å². The van der Waals surface area contributed by atoms with Crippen molar-refractivity contribution in [3.05, 3.63) is 84.2 Å². The molecule has 10 nitrogen and oxygen atoms in total. The first-order valence-electron chi connectivity index (χ1n) is 13.5. The van der Waals surface area contributed by atoms with Gasteiger partial charge in [-0.1, -0.05) is 55.9 Å². The van der Waals surface area contributed by atoms with Gasteiger partial charge < -0.3 is 9.47 Å². The molecular weight excluding hydrogens is 629 g/mol. The normalized spacial score (nSPS) is 14.3. The summed E-state index contributed by atoms with van der Waals surface area (Å²) < 4.78 is 47.9. The van der Waals surface area contributed by atoms with Gasteiger partial charge in [0.05, 0.1) is 30.8 Å². The van der Waals surface area contributed by atoms with Crippen LogP contribution in [0.5, 0.6) is 11.5 Å². The molecule has 1 saturated heterocycles. The number of anilines is 1. The Balaban J connectivity index is 1.18. The lowest BCUT2D eigenvalue weighted by molar-refractivity contribution is -0.274. The number of nitrogens with one attached hydrogen (secondary N) is 1. The van der Waals surface area contributed by atoms with Gasteiger partial charge in [0.25, 0.3) is 0 Å². The topological polar surface area (TPSA) is 103 Å². The predicted octanol–water partition coefficient (Wildman–Crippen LogP) is 6.41. The third kappa shape index (κ3) is 7.98. The molecular formula is C30H27F3N6O4S2. The van der Waals surface area contributed by atoms with Crippen LogP contribution >= 0.6 is 24.0 Å². The summed E-state index contributed by atoms with van der Waals surface area (Å²) in [5, 5.41) is 4.91. The number of benzene rings is 3. The number of amides is 1. The summed E-state index contributed by atoms with van der Waals surface area (Å²) in [4.78, 5) is 28.7. The molecule has 3 aromatic carbocycles. The maximum atomic E-state index is 12.8. The summed E-state index contributed by atoms with van der Waals surface area (Å²) in [6.07, 6.45) is -3.29.